The van der Waals surface area contributed by atoms with Crippen LogP contribution in [0.2, 0.25) is 0 Å². The van der Waals surface area contributed by atoms with Gasteiger partial charge in [-0.25, -0.2) is 4.79 Å². The van der Waals surface area contributed by atoms with Gasteiger partial charge in [-0.1, -0.05) is 5.92 Å². The van der Waals surface area contributed by atoms with Crippen LogP contribution in [-0.2, 0) is 15.2 Å². The van der Waals surface area contributed by atoms with Crippen LogP contribution < -0.4 is 11.2 Å². The van der Waals surface area contributed by atoms with Gasteiger partial charge < -0.3 is 24.8 Å². The summed E-state index contributed by atoms with van der Waals surface area (Å²) >= 11 is 0. The number of rotatable bonds is 5. The Labute approximate surface area is 124 Å². The van der Waals surface area contributed by atoms with E-state index in [9.17, 15) is 24.9 Å². The van der Waals surface area contributed by atoms with Crippen LogP contribution in [0, 0.1) is 12.3 Å². The molecule has 0 saturated carbocycles. The molecule has 4 atom stereocenters. The van der Waals surface area contributed by atoms with E-state index in [2.05, 4.69) is 5.92 Å². The van der Waals surface area contributed by atoms with E-state index in [1.165, 1.54) is 0 Å². The van der Waals surface area contributed by atoms with Gasteiger partial charge in [-0.05, 0) is 0 Å². The zero-order valence-corrected chi connectivity index (χ0v) is 11.5. The van der Waals surface area contributed by atoms with Crippen LogP contribution in [0.5, 0.6) is 0 Å². The second-order valence-electron chi connectivity index (χ2n) is 4.80. The average Bonchev–Trinajstić information content (AvgIpc) is 2.73. The molecule has 9 nitrogen and oxygen atoms in total. The maximum absolute atomic E-state index is 12.0. The minimum atomic E-state index is -1.81. The summed E-state index contributed by atoms with van der Waals surface area (Å²) in [6.45, 7) is -1.05. The lowest BCUT2D eigenvalue weighted by Gasteiger charge is -2.33. The first-order chi connectivity index (χ1) is 10.5. The van der Waals surface area contributed by atoms with Gasteiger partial charge in [-0.2, -0.15) is 0 Å². The monoisotopic (exact) mass is 312 g/mol. The van der Waals surface area contributed by atoms with Crippen molar-refractivity contribution >= 4 is 0 Å². The molecule has 1 aromatic rings. The number of hydrogen-bond acceptors (Lipinski definition) is 7. The van der Waals surface area contributed by atoms with Crippen molar-refractivity contribution in [3.05, 3.63) is 33.1 Å². The Kier molecular flexibility index (Phi) is 4.80. The summed E-state index contributed by atoms with van der Waals surface area (Å²) in [4.78, 5) is 25.2. The van der Waals surface area contributed by atoms with Crippen LogP contribution in [0.4, 0.5) is 0 Å². The van der Waals surface area contributed by atoms with Gasteiger partial charge in [0.25, 0.3) is 5.56 Å². The summed E-state index contributed by atoms with van der Waals surface area (Å²) < 4.78 is 11.5. The van der Waals surface area contributed by atoms with E-state index in [4.69, 9.17) is 15.9 Å². The highest BCUT2D eigenvalue weighted by Gasteiger charge is 2.56. The number of aliphatic hydroxyl groups excluding tert-OH is 3. The zero-order chi connectivity index (χ0) is 16.3. The lowest BCUT2D eigenvalue weighted by atomic mass is 10.0. The molecule has 9 heteroatoms. The summed E-state index contributed by atoms with van der Waals surface area (Å²) in [7, 11) is 0. The number of hydrogen-bond donors (Lipinski definition) is 4. The molecule has 1 aliphatic heterocycles. The summed E-state index contributed by atoms with van der Waals surface area (Å²) in [5, 5.41) is 29.4. The number of nitrogens with one attached hydrogen (secondary N) is 1. The number of nitrogens with zero attached hydrogens (tertiary/aromatic N) is 1. The summed E-state index contributed by atoms with van der Waals surface area (Å²) in [6, 6.07) is 1.05. The Bertz CT molecular complexity index is 676. The van der Waals surface area contributed by atoms with Crippen molar-refractivity contribution in [3.63, 3.8) is 0 Å². The number of terminal acetylenes is 1. The van der Waals surface area contributed by atoms with Gasteiger partial charge in [-0.3, -0.25) is 14.3 Å². The second-order valence-corrected chi connectivity index (χ2v) is 4.80. The Hall–Kier alpha value is -1.96. The average molecular weight is 312 g/mol. The fourth-order valence-electron chi connectivity index (χ4n) is 2.38. The molecule has 0 radical (unpaired) electrons. The molecular formula is C13H16N2O7. The number of aromatic nitrogens is 2. The van der Waals surface area contributed by atoms with Gasteiger partial charge in [0.05, 0.1) is 13.2 Å². The van der Waals surface area contributed by atoms with Crippen molar-refractivity contribution in [1.29, 1.82) is 0 Å². The van der Waals surface area contributed by atoms with Gasteiger partial charge >= 0.3 is 5.69 Å². The number of aliphatic hydroxyl groups is 3. The van der Waals surface area contributed by atoms with Crippen molar-refractivity contribution < 1.29 is 24.8 Å². The fraction of sp³-hybridized carbons (Fsp3) is 0.538. The summed E-state index contributed by atoms with van der Waals surface area (Å²) in [5.41, 5.74) is -3.31. The molecule has 4 N–H and O–H groups in total. The molecule has 0 aliphatic carbocycles. The Balaban J connectivity index is 2.49. The molecule has 0 amide bonds. The van der Waals surface area contributed by atoms with Gasteiger partial charge in [0.1, 0.15) is 24.9 Å². The Morgan fingerprint density at radius 2 is 2.23 bits per heavy atom. The van der Waals surface area contributed by atoms with Crippen molar-refractivity contribution in [2.75, 3.05) is 19.8 Å². The van der Waals surface area contributed by atoms with Crippen LogP contribution in [-0.4, -0.2) is 63.0 Å². The smallest absolute Gasteiger partial charge is 0.330 e. The van der Waals surface area contributed by atoms with Crippen molar-refractivity contribution in [1.82, 2.24) is 9.55 Å². The van der Waals surface area contributed by atoms with Gasteiger partial charge in [0, 0.05) is 12.3 Å². The van der Waals surface area contributed by atoms with Gasteiger partial charge in [0.15, 0.2) is 0 Å². The highest BCUT2D eigenvalue weighted by Crippen LogP contribution is 2.34. The third-order valence-corrected chi connectivity index (χ3v) is 3.43. The summed E-state index contributed by atoms with van der Waals surface area (Å²) in [5.74, 6) is 2.22. The largest absolute Gasteiger partial charge is 0.394 e. The molecule has 2 heterocycles. The zero-order valence-electron chi connectivity index (χ0n) is 11.5. The minimum absolute atomic E-state index is 0.115. The number of aromatic amines is 1. The van der Waals surface area contributed by atoms with Crippen molar-refractivity contribution in [2.24, 2.45) is 0 Å². The first-order valence-corrected chi connectivity index (χ1v) is 6.44. The first kappa shape index (κ1) is 16.4. The highest BCUT2D eigenvalue weighted by molar-refractivity contribution is 5.02. The topological polar surface area (TPSA) is 134 Å². The summed E-state index contributed by atoms with van der Waals surface area (Å²) in [6.07, 6.45) is 2.04. The molecule has 1 aliphatic rings. The van der Waals surface area contributed by atoms with E-state index in [1.54, 1.807) is 0 Å². The van der Waals surface area contributed by atoms with Crippen LogP contribution >= 0.6 is 0 Å². The molecular weight excluding hydrogens is 296 g/mol. The van der Waals surface area contributed by atoms with Crippen LogP contribution in [0.25, 0.3) is 0 Å². The lowest BCUT2D eigenvalue weighted by molar-refractivity contribution is -0.182. The van der Waals surface area contributed by atoms with Crippen molar-refractivity contribution in [3.8, 4) is 12.3 Å². The number of ether oxygens (including phenoxy) is 2. The van der Waals surface area contributed by atoms with E-state index >= 15 is 0 Å². The van der Waals surface area contributed by atoms with Gasteiger partial charge in [-0.15, -0.1) is 6.42 Å². The molecule has 0 spiro atoms. The third kappa shape index (κ3) is 2.70. The molecule has 0 unspecified atom stereocenters. The van der Waals surface area contributed by atoms with E-state index < -0.39 is 41.9 Å². The van der Waals surface area contributed by atoms with Gasteiger partial charge in [0.2, 0.25) is 5.72 Å². The molecule has 120 valence electrons. The molecule has 1 fully saturated rings. The molecule has 1 saturated heterocycles. The SMILES string of the molecule is C#CCOC[C@@]1(n2ccc(=O)[nH]c2=O)O[C@H](CO)[C@@H](O)[C@H]1O. The maximum Gasteiger partial charge on any atom is 0.330 e. The highest BCUT2D eigenvalue weighted by atomic mass is 16.6. The predicted octanol–water partition coefficient (Wildman–Crippen LogP) is -3.05. The van der Waals surface area contributed by atoms with E-state index in [0.29, 0.717) is 0 Å². The standard InChI is InChI=1S/C13H16N2O7/c1-2-5-21-7-13(11(19)10(18)8(6-16)22-13)15-4-3-9(17)14-12(15)20/h1,3-4,8,10-11,16,18-19H,5-7H2,(H,14,17,20)/t8-,10-,11-,13-/m1/s1. The lowest BCUT2D eigenvalue weighted by Crippen LogP contribution is -2.54. The first-order valence-electron chi connectivity index (χ1n) is 6.44. The van der Waals surface area contributed by atoms with Crippen LogP contribution in [0.1, 0.15) is 0 Å². The van der Waals surface area contributed by atoms with Crippen molar-refractivity contribution in [2.45, 2.75) is 24.0 Å². The normalized spacial score (nSPS) is 31.1. The molecule has 22 heavy (non-hydrogen) atoms. The molecule has 0 bridgehead atoms. The van der Waals surface area contributed by atoms with E-state index in [1.807, 2.05) is 4.98 Å². The van der Waals surface area contributed by atoms with Crippen LogP contribution in [0.15, 0.2) is 21.9 Å². The van der Waals surface area contributed by atoms with E-state index in [-0.39, 0.29) is 13.2 Å². The number of H-pyrrole nitrogens is 1. The second kappa shape index (κ2) is 6.43. The predicted molar refractivity (Wildman–Crippen MR) is 72.9 cm³/mol. The Morgan fingerprint density at radius 1 is 1.50 bits per heavy atom. The molecule has 1 aromatic heterocycles. The third-order valence-electron chi connectivity index (χ3n) is 3.43. The van der Waals surface area contributed by atoms with E-state index in [0.717, 1.165) is 16.8 Å². The fourth-order valence-corrected chi connectivity index (χ4v) is 2.38. The molecule has 0 aromatic carbocycles. The maximum atomic E-state index is 12.0. The molecule has 2 rings (SSSR count). The van der Waals surface area contributed by atoms with Crippen LogP contribution in [0.3, 0.4) is 0 Å². The Morgan fingerprint density at radius 3 is 2.77 bits per heavy atom. The quantitative estimate of drug-likeness (QED) is 0.335. The minimum Gasteiger partial charge on any atom is -0.394 e.